The van der Waals surface area contributed by atoms with Gasteiger partial charge in [-0.1, -0.05) is 48.5 Å². The van der Waals surface area contributed by atoms with E-state index < -0.39 is 0 Å². The van der Waals surface area contributed by atoms with Crippen LogP contribution in [0.25, 0.3) is 10.9 Å². The van der Waals surface area contributed by atoms with Gasteiger partial charge in [0.25, 0.3) is 11.5 Å². The maximum absolute atomic E-state index is 12.9. The average molecular weight is 490 g/mol. The van der Waals surface area contributed by atoms with Crippen LogP contribution >= 0.6 is 12.2 Å². The number of benzene rings is 3. The molecule has 1 heterocycles. The van der Waals surface area contributed by atoms with Crippen LogP contribution in [0, 0.1) is 4.77 Å². The van der Waals surface area contributed by atoms with Gasteiger partial charge in [-0.25, -0.2) is 0 Å². The Morgan fingerprint density at radius 1 is 1.06 bits per heavy atom. The van der Waals surface area contributed by atoms with Crippen LogP contribution in [0.3, 0.4) is 0 Å². The van der Waals surface area contributed by atoms with Gasteiger partial charge in [0.1, 0.15) is 12.4 Å². The van der Waals surface area contributed by atoms with Crippen LogP contribution in [-0.4, -0.2) is 29.2 Å². The monoisotopic (exact) mass is 489 g/mol. The maximum Gasteiger partial charge on any atom is 0.262 e. The molecular weight excluding hydrogens is 462 g/mol. The number of amides is 1. The van der Waals surface area contributed by atoms with Crippen molar-refractivity contribution < 1.29 is 14.3 Å². The lowest BCUT2D eigenvalue weighted by Gasteiger charge is -2.13. The Hall–Kier alpha value is -3.75. The van der Waals surface area contributed by atoms with Crippen LogP contribution in [-0.2, 0) is 24.4 Å². The van der Waals surface area contributed by atoms with Crippen LogP contribution in [0.1, 0.15) is 27.9 Å². The van der Waals surface area contributed by atoms with Gasteiger partial charge in [-0.15, -0.1) is 0 Å². The van der Waals surface area contributed by atoms with Gasteiger partial charge in [-0.05, 0) is 48.5 Å². The number of para-hydroxylation sites is 1. The molecule has 1 aromatic heterocycles. The molecule has 1 amide bonds. The van der Waals surface area contributed by atoms with Gasteiger partial charge in [0, 0.05) is 37.9 Å². The second-order valence-corrected chi connectivity index (χ2v) is 8.45. The number of hydrogen-bond donors (Lipinski definition) is 2. The summed E-state index contributed by atoms with van der Waals surface area (Å²) in [5.41, 5.74) is 2.72. The third kappa shape index (κ3) is 6.03. The van der Waals surface area contributed by atoms with E-state index in [1.165, 1.54) is 4.57 Å². The van der Waals surface area contributed by atoms with E-state index in [-0.39, 0.29) is 11.5 Å². The van der Waals surface area contributed by atoms with Crippen LogP contribution < -0.4 is 15.6 Å². The lowest BCUT2D eigenvalue weighted by atomic mass is 10.1. The molecule has 0 saturated carbocycles. The highest BCUT2D eigenvalue weighted by Gasteiger charge is 2.12. The molecule has 0 aliphatic carbocycles. The molecule has 0 bridgehead atoms. The van der Waals surface area contributed by atoms with Gasteiger partial charge >= 0.3 is 0 Å². The van der Waals surface area contributed by atoms with Crippen molar-refractivity contribution in [1.82, 2.24) is 14.9 Å². The second-order valence-electron chi connectivity index (χ2n) is 8.06. The first kappa shape index (κ1) is 24.4. The van der Waals surface area contributed by atoms with Crippen molar-refractivity contribution in [2.45, 2.75) is 26.1 Å². The van der Waals surface area contributed by atoms with Gasteiger partial charge in [-0.3, -0.25) is 14.2 Å². The van der Waals surface area contributed by atoms with Gasteiger partial charge in [-0.2, -0.15) is 0 Å². The molecule has 7 nitrogen and oxygen atoms in total. The van der Waals surface area contributed by atoms with E-state index in [1.807, 2.05) is 54.6 Å². The molecule has 4 aromatic rings. The Balaban J connectivity index is 1.46. The smallest absolute Gasteiger partial charge is 0.262 e. The predicted molar refractivity (Wildman–Crippen MR) is 138 cm³/mol. The minimum absolute atomic E-state index is 0.184. The first-order valence-electron chi connectivity index (χ1n) is 11.4. The highest BCUT2D eigenvalue weighted by molar-refractivity contribution is 7.71. The molecule has 0 atom stereocenters. The molecule has 0 radical (unpaired) electrons. The zero-order valence-electron chi connectivity index (χ0n) is 19.5. The molecule has 8 heteroatoms. The molecule has 0 saturated heterocycles. The van der Waals surface area contributed by atoms with Crippen molar-refractivity contribution >= 4 is 29.0 Å². The SMILES string of the molecule is COCCCn1c(=S)[nH]c2cc(C(=O)NCc3ccccc3OCc3ccccc3)ccc2c1=O. The van der Waals surface area contributed by atoms with Crippen molar-refractivity contribution in [1.29, 1.82) is 0 Å². The molecule has 4 rings (SSSR count). The third-order valence-electron chi connectivity index (χ3n) is 5.62. The molecule has 180 valence electrons. The van der Waals surface area contributed by atoms with E-state index in [4.69, 9.17) is 21.7 Å². The molecular formula is C27H27N3O4S. The molecule has 2 N–H and O–H groups in total. The van der Waals surface area contributed by atoms with E-state index >= 15 is 0 Å². The summed E-state index contributed by atoms with van der Waals surface area (Å²) >= 11 is 5.37. The fourth-order valence-electron chi connectivity index (χ4n) is 3.77. The number of carbonyl (C=O) groups excluding carboxylic acids is 1. The number of nitrogens with one attached hydrogen (secondary N) is 2. The van der Waals surface area contributed by atoms with E-state index in [0.29, 0.717) is 59.7 Å². The molecule has 0 spiro atoms. The fraction of sp³-hybridized carbons (Fsp3) is 0.222. The zero-order valence-corrected chi connectivity index (χ0v) is 20.3. The number of aromatic nitrogens is 2. The number of hydrogen-bond acceptors (Lipinski definition) is 5. The summed E-state index contributed by atoms with van der Waals surface area (Å²) < 4.78 is 12.9. The first-order chi connectivity index (χ1) is 17.1. The Morgan fingerprint density at radius 3 is 2.63 bits per heavy atom. The largest absolute Gasteiger partial charge is 0.489 e. The number of nitrogens with zero attached hydrogens (tertiary/aromatic N) is 1. The Kier molecular flexibility index (Phi) is 8.07. The van der Waals surface area contributed by atoms with Gasteiger partial charge < -0.3 is 19.8 Å². The summed E-state index contributed by atoms with van der Waals surface area (Å²) in [7, 11) is 1.62. The quantitative estimate of drug-likeness (QED) is 0.251. The van der Waals surface area contributed by atoms with E-state index in [2.05, 4.69) is 10.3 Å². The summed E-state index contributed by atoms with van der Waals surface area (Å²) in [5.74, 6) is 0.460. The number of methoxy groups -OCH3 is 1. The van der Waals surface area contributed by atoms with Crippen molar-refractivity contribution in [2.75, 3.05) is 13.7 Å². The standard InChI is InChI=1S/C27H27N3O4S/c1-33-15-7-14-30-26(32)22-13-12-20(16-23(22)29-27(30)35)25(31)28-17-21-10-5-6-11-24(21)34-18-19-8-3-2-4-9-19/h2-6,8-13,16H,7,14-15,17-18H2,1H3,(H,28,31)(H,29,35). The number of aromatic amines is 1. The zero-order chi connectivity index (χ0) is 24.6. The Bertz CT molecular complexity index is 1430. The molecule has 0 aliphatic rings. The minimum atomic E-state index is -0.256. The number of rotatable bonds is 10. The molecule has 0 fully saturated rings. The molecule has 0 aliphatic heterocycles. The van der Waals surface area contributed by atoms with E-state index in [1.54, 1.807) is 25.3 Å². The summed E-state index contributed by atoms with van der Waals surface area (Å²) in [5, 5.41) is 3.42. The number of carbonyl (C=O) groups is 1. The van der Waals surface area contributed by atoms with Crippen molar-refractivity contribution in [3.8, 4) is 5.75 Å². The minimum Gasteiger partial charge on any atom is -0.489 e. The summed E-state index contributed by atoms with van der Waals surface area (Å²) in [4.78, 5) is 28.8. The first-order valence-corrected chi connectivity index (χ1v) is 11.8. The topological polar surface area (TPSA) is 85.3 Å². The number of H-pyrrole nitrogens is 1. The predicted octanol–water partition coefficient (Wildman–Crippen LogP) is 4.60. The Labute approximate surface area is 208 Å². The van der Waals surface area contributed by atoms with Crippen molar-refractivity contribution in [2.24, 2.45) is 0 Å². The average Bonchev–Trinajstić information content (AvgIpc) is 2.88. The van der Waals surface area contributed by atoms with Gasteiger partial charge in [0.05, 0.1) is 10.9 Å². The highest BCUT2D eigenvalue weighted by atomic mass is 32.1. The molecule has 35 heavy (non-hydrogen) atoms. The molecule has 3 aromatic carbocycles. The van der Waals surface area contributed by atoms with Crippen molar-refractivity contribution in [3.63, 3.8) is 0 Å². The maximum atomic E-state index is 12.9. The van der Waals surface area contributed by atoms with E-state index in [0.717, 1.165) is 11.1 Å². The third-order valence-corrected chi connectivity index (χ3v) is 5.95. The van der Waals surface area contributed by atoms with Crippen LogP contribution in [0.4, 0.5) is 0 Å². The van der Waals surface area contributed by atoms with E-state index in [9.17, 15) is 9.59 Å². The Morgan fingerprint density at radius 2 is 1.83 bits per heavy atom. The number of ether oxygens (including phenoxy) is 2. The van der Waals surface area contributed by atoms with Crippen LogP contribution in [0.5, 0.6) is 5.75 Å². The summed E-state index contributed by atoms with van der Waals surface area (Å²) in [6.07, 6.45) is 0.677. The fourth-order valence-corrected chi connectivity index (χ4v) is 4.05. The summed E-state index contributed by atoms with van der Waals surface area (Å²) in [6.45, 7) is 1.75. The normalized spacial score (nSPS) is 10.9. The summed E-state index contributed by atoms with van der Waals surface area (Å²) in [6, 6.07) is 22.5. The lowest BCUT2D eigenvalue weighted by molar-refractivity contribution is 0.0950. The van der Waals surface area contributed by atoms with Gasteiger partial charge in [0.2, 0.25) is 0 Å². The highest BCUT2D eigenvalue weighted by Crippen LogP contribution is 2.20. The van der Waals surface area contributed by atoms with Crippen LogP contribution in [0.15, 0.2) is 77.6 Å². The lowest BCUT2D eigenvalue weighted by Crippen LogP contribution is -2.25. The number of fused-ring (bicyclic) bond motifs is 1. The van der Waals surface area contributed by atoms with Gasteiger partial charge in [0.15, 0.2) is 4.77 Å². The van der Waals surface area contributed by atoms with Crippen molar-refractivity contribution in [3.05, 3.63) is 105 Å². The second kappa shape index (κ2) is 11.6. The van der Waals surface area contributed by atoms with Crippen LogP contribution in [0.2, 0.25) is 0 Å². The molecule has 0 unspecified atom stereocenters.